The fraction of sp³-hybridized carbons (Fsp3) is 0.261. The Morgan fingerprint density at radius 1 is 1.04 bits per heavy atom. The van der Waals surface area contributed by atoms with E-state index in [1.807, 2.05) is 13.8 Å². The largest absolute Gasteiger partial charge is 0.481 e. The minimum Gasteiger partial charge on any atom is -0.481 e. The quantitative estimate of drug-likeness (QED) is 0.374. The molecule has 0 saturated heterocycles. The van der Waals surface area contributed by atoms with Gasteiger partial charge in [0.25, 0.3) is 0 Å². The molecule has 2 aromatic carbocycles. The molecule has 3 aromatic rings. The maximum atomic E-state index is 13.5. The van der Waals surface area contributed by atoms with Gasteiger partial charge in [0, 0.05) is 22.6 Å². The lowest BCUT2D eigenvalue weighted by Gasteiger charge is -2.26. The summed E-state index contributed by atoms with van der Waals surface area (Å²) in [7, 11) is -0.00774. The summed E-state index contributed by atoms with van der Waals surface area (Å²) in [5, 5.41) is 4.33. The third-order valence-electron chi connectivity index (χ3n) is 4.49. The normalized spacial score (nSPS) is 11.3. The number of thiophene rings is 1. The van der Waals surface area contributed by atoms with E-state index in [1.54, 1.807) is 26.0 Å². The maximum absolute atomic E-state index is 13.5. The molecule has 0 aliphatic heterocycles. The highest BCUT2D eigenvalue weighted by Gasteiger charge is 2.26. The van der Waals surface area contributed by atoms with Crippen molar-refractivity contribution >= 4 is 16.4 Å². The Labute approximate surface area is 167 Å². The second kappa shape index (κ2) is 8.15. The second-order valence-corrected chi connectivity index (χ2v) is 8.96. The number of benzene rings is 2. The summed E-state index contributed by atoms with van der Waals surface area (Å²) in [4.78, 5) is 13.6. The molecule has 0 N–H and O–H groups in total. The highest BCUT2D eigenvalue weighted by atomic mass is 32.2. The molecule has 1 heterocycles. The number of halogens is 1. The Hall–Kier alpha value is -2.66. The van der Waals surface area contributed by atoms with E-state index in [-0.39, 0.29) is 22.9 Å². The predicted molar refractivity (Wildman–Crippen MR) is 111 cm³/mol. The van der Waals surface area contributed by atoms with Gasteiger partial charge in [0.2, 0.25) is 0 Å². The van der Waals surface area contributed by atoms with Gasteiger partial charge < -0.3 is 9.47 Å². The van der Waals surface area contributed by atoms with Crippen LogP contribution in [0.2, 0.25) is 0 Å². The highest BCUT2D eigenvalue weighted by Crippen LogP contribution is 2.36. The van der Waals surface area contributed by atoms with Crippen LogP contribution in [-0.4, -0.2) is 12.6 Å². The number of hydrogen-bond donors (Lipinski definition) is 0. The molecule has 0 spiro atoms. The van der Waals surface area contributed by atoms with Crippen molar-refractivity contribution in [1.82, 2.24) is 0 Å². The topological polar surface area (TPSA) is 35.5 Å². The van der Waals surface area contributed by atoms with Gasteiger partial charge in [-0.2, -0.15) is 0 Å². The van der Waals surface area contributed by atoms with Gasteiger partial charge in [-0.1, -0.05) is 12.1 Å². The first-order chi connectivity index (χ1) is 13.3. The van der Waals surface area contributed by atoms with Crippen LogP contribution < -0.4 is 4.74 Å². The van der Waals surface area contributed by atoms with Crippen molar-refractivity contribution in [2.24, 2.45) is 0 Å². The van der Waals surface area contributed by atoms with Crippen molar-refractivity contribution in [3.05, 3.63) is 81.8 Å². The van der Waals surface area contributed by atoms with Crippen LogP contribution >= 0.6 is 10.5 Å². The summed E-state index contributed by atoms with van der Waals surface area (Å²) in [6.45, 7) is 7.20. The lowest BCUT2D eigenvalue weighted by atomic mass is 9.98. The van der Waals surface area contributed by atoms with Crippen LogP contribution in [0, 0.1) is 19.7 Å². The number of ether oxygens (including phenoxy) is 2. The average molecular weight is 400 g/mol. The third-order valence-corrected chi connectivity index (χ3v) is 6.17. The molecule has 0 aliphatic carbocycles. The average Bonchev–Trinajstić information content (AvgIpc) is 3.15. The SMILES string of the molecule is Cc1cc(-[s+]2cccc2)cc(C)c1OCC(=O)OC(C)(C)c1cccc(F)c1. The maximum Gasteiger partial charge on any atom is 0.345 e. The van der Waals surface area contributed by atoms with Gasteiger partial charge in [-0.05, 0) is 68.7 Å². The van der Waals surface area contributed by atoms with E-state index >= 15 is 0 Å². The fourth-order valence-electron chi connectivity index (χ4n) is 3.10. The molecular weight excluding hydrogens is 375 g/mol. The number of carbonyl (C=O) groups excluding carboxylic acids is 1. The second-order valence-electron chi connectivity index (χ2n) is 7.20. The van der Waals surface area contributed by atoms with Gasteiger partial charge in [-0.25, -0.2) is 9.18 Å². The molecular formula is C23H24FO3S+. The summed E-state index contributed by atoms with van der Waals surface area (Å²) >= 11 is 0. The minimum absolute atomic E-state index is 0.00774. The number of aryl methyl sites for hydroxylation is 2. The van der Waals surface area contributed by atoms with E-state index in [4.69, 9.17) is 9.47 Å². The molecule has 0 atom stereocenters. The number of rotatable bonds is 6. The van der Waals surface area contributed by atoms with E-state index < -0.39 is 11.6 Å². The first-order valence-corrected chi connectivity index (χ1v) is 10.4. The van der Waals surface area contributed by atoms with E-state index in [0.717, 1.165) is 11.1 Å². The van der Waals surface area contributed by atoms with E-state index in [9.17, 15) is 9.18 Å². The van der Waals surface area contributed by atoms with Gasteiger partial charge in [0.05, 0.1) is 0 Å². The van der Waals surface area contributed by atoms with Crippen LogP contribution in [0.3, 0.4) is 0 Å². The Bertz CT molecular complexity index is 954. The molecule has 0 unspecified atom stereocenters. The van der Waals surface area contributed by atoms with Crippen molar-refractivity contribution in [2.45, 2.75) is 33.3 Å². The minimum atomic E-state index is -0.946. The molecule has 1 aromatic heterocycles. The Kier molecular flexibility index (Phi) is 5.84. The van der Waals surface area contributed by atoms with Crippen LogP contribution in [-0.2, 0) is 15.1 Å². The zero-order valence-corrected chi connectivity index (χ0v) is 17.3. The molecule has 0 saturated carbocycles. The zero-order valence-electron chi connectivity index (χ0n) is 16.5. The van der Waals surface area contributed by atoms with Crippen LogP contribution in [0.1, 0.15) is 30.5 Å². The molecule has 0 fully saturated rings. The van der Waals surface area contributed by atoms with Crippen molar-refractivity contribution in [1.29, 1.82) is 0 Å². The molecule has 146 valence electrons. The monoisotopic (exact) mass is 399 g/mol. The molecule has 0 radical (unpaired) electrons. The zero-order chi connectivity index (χ0) is 20.3. The van der Waals surface area contributed by atoms with Gasteiger partial charge in [0.1, 0.15) is 27.9 Å². The van der Waals surface area contributed by atoms with Crippen molar-refractivity contribution in [3.8, 4) is 10.6 Å². The van der Waals surface area contributed by atoms with E-state index in [0.29, 0.717) is 11.3 Å². The molecule has 0 bridgehead atoms. The Balaban J connectivity index is 1.67. The van der Waals surface area contributed by atoms with Gasteiger partial charge in [0.15, 0.2) is 11.5 Å². The summed E-state index contributed by atoms with van der Waals surface area (Å²) in [5.74, 6) is -0.169. The third kappa shape index (κ3) is 4.60. The molecule has 0 amide bonds. The lowest BCUT2D eigenvalue weighted by Crippen LogP contribution is -2.28. The molecule has 0 aliphatic rings. The molecule has 5 heteroatoms. The summed E-state index contributed by atoms with van der Waals surface area (Å²) in [5.41, 5.74) is 1.61. The number of carbonyl (C=O) groups is 1. The van der Waals surface area contributed by atoms with E-state index in [2.05, 4.69) is 35.0 Å². The summed E-state index contributed by atoms with van der Waals surface area (Å²) in [6.07, 6.45) is 0. The van der Waals surface area contributed by atoms with Crippen LogP contribution in [0.5, 0.6) is 5.75 Å². The number of esters is 1. The summed E-state index contributed by atoms with van der Waals surface area (Å²) < 4.78 is 24.8. The lowest BCUT2D eigenvalue weighted by molar-refractivity contribution is -0.159. The smallest absolute Gasteiger partial charge is 0.345 e. The van der Waals surface area contributed by atoms with Gasteiger partial charge in [-0.15, -0.1) is 0 Å². The van der Waals surface area contributed by atoms with E-state index in [1.165, 1.54) is 17.0 Å². The number of hydrogen-bond acceptors (Lipinski definition) is 3. The summed E-state index contributed by atoms with van der Waals surface area (Å²) in [6, 6.07) is 14.3. The van der Waals surface area contributed by atoms with Gasteiger partial charge >= 0.3 is 5.97 Å². The van der Waals surface area contributed by atoms with Crippen molar-refractivity contribution in [3.63, 3.8) is 0 Å². The van der Waals surface area contributed by atoms with Crippen molar-refractivity contribution < 1.29 is 18.7 Å². The molecule has 28 heavy (non-hydrogen) atoms. The molecule has 3 rings (SSSR count). The molecule has 3 nitrogen and oxygen atoms in total. The fourth-order valence-corrected chi connectivity index (χ4v) is 4.65. The van der Waals surface area contributed by atoms with Crippen molar-refractivity contribution in [2.75, 3.05) is 6.61 Å². The van der Waals surface area contributed by atoms with Crippen LogP contribution in [0.4, 0.5) is 4.39 Å². The first kappa shape index (κ1) is 20.1. The Morgan fingerprint density at radius 3 is 2.29 bits per heavy atom. The predicted octanol–water partition coefficient (Wildman–Crippen LogP) is 6.04. The van der Waals surface area contributed by atoms with Crippen LogP contribution in [0.15, 0.2) is 59.3 Å². The standard InChI is InChI=1S/C23H24FO3S/c1-16-12-20(28-10-5-6-11-28)13-17(2)22(16)26-15-21(25)27-23(3,4)18-8-7-9-19(24)14-18/h5-14H,15H2,1-4H3/q+1. The Morgan fingerprint density at radius 2 is 1.68 bits per heavy atom. The van der Waals surface area contributed by atoms with Crippen LogP contribution in [0.25, 0.3) is 4.90 Å². The van der Waals surface area contributed by atoms with Gasteiger partial charge in [-0.3, -0.25) is 0 Å². The first-order valence-electron chi connectivity index (χ1n) is 9.05. The highest BCUT2D eigenvalue weighted by molar-refractivity contribution is 7.36.